The van der Waals surface area contributed by atoms with Crippen molar-refractivity contribution < 1.29 is 14.8 Å². The van der Waals surface area contributed by atoms with Gasteiger partial charge in [0.25, 0.3) is 0 Å². The van der Waals surface area contributed by atoms with Gasteiger partial charge in [0, 0.05) is 31.7 Å². The van der Waals surface area contributed by atoms with Gasteiger partial charge in [-0.2, -0.15) is 0 Å². The van der Waals surface area contributed by atoms with Crippen molar-refractivity contribution in [1.29, 1.82) is 0 Å². The first-order chi connectivity index (χ1) is 9.22. The molecule has 2 N–H and O–H groups in total. The molecule has 1 rings (SSSR count). The average Bonchev–Trinajstić information content (AvgIpc) is 2.43. The zero-order valence-corrected chi connectivity index (χ0v) is 11.0. The Labute approximate surface area is 113 Å². The van der Waals surface area contributed by atoms with Gasteiger partial charge in [0.05, 0.1) is 0 Å². The number of unbranched alkanes of at least 4 members (excludes halogenated alkanes) is 3. The van der Waals surface area contributed by atoms with Gasteiger partial charge in [0.15, 0.2) is 0 Å². The van der Waals surface area contributed by atoms with Gasteiger partial charge >= 0.3 is 0 Å². The molecule has 0 aliphatic rings. The molecule has 0 saturated carbocycles. The molecule has 1 aromatic heterocycles. The smallest absolute Gasteiger partial charge is 0.243 e. The summed E-state index contributed by atoms with van der Waals surface area (Å²) in [6, 6.07) is 3.73. The Hall–Kier alpha value is -1.75. The number of pyridine rings is 1. The zero-order chi connectivity index (χ0) is 13.9. The maximum atomic E-state index is 11.7. The first-order valence-corrected chi connectivity index (χ1v) is 6.56. The van der Waals surface area contributed by atoms with Crippen molar-refractivity contribution in [2.75, 3.05) is 0 Å². The third-order valence-corrected chi connectivity index (χ3v) is 2.86. The molecule has 5 heteroatoms. The minimum Gasteiger partial charge on any atom is -0.299 e. The van der Waals surface area contributed by atoms with E-state index in [4.69, 9.17) is 5.21 Å². The summed E-state index contributed by atoms with van der Waals surface area (Å²) in [5, 5.41) is 8.30. The zero-order valence-electron chi connectivity index (χ0n) is 11.0. The Morgan fingerprint density at radius 3 is 2.53 bits per heavy atom. The normalized spacial score (nSPS) is 10.2. The number of hydrogen-bond acceptors (Lipinski definition) is 4. The predicted molar refractivity (Wildman–Crippen MR) is 70.6 cm³/mol. The predicted octanol–water partition coefficient (Wildman–Crippen LogP) is 2.04. The SMILES string of the molecule is O=C(CCCCCCC(=O)NO)Cc1cccnc1. The second kappa shape index (κ2) is 9.22. The summed E-state index contributed by atoms with van der Waals surface area (Å²) in [7, 11) is 0. The number of nitrogens with zero attached hydrogens (tertiary/aromatic N) is 1. The van der Waals surface area contributed by atoms with E-state index >= 15 is 0 Å². The molecular weight excluding hydrogens is 244 g/mol. The van der Waals surface area contributed by atoms with Crippen LogP contribution in [0.5, 0.6) is 0 Å². The van der Waals surface area contributed by atoms with Crippen molar-refractivity contribution in [3.05, 3.63) is 30.1 Å². The number of carbonyl (C=O) groups excluding carboxylic acids is 2. The van der Waals surface area contributed by atoms with Gasteiger partial charge in [-0.3, -0.25) is 19.8 Å². The second-order valence-electron chi connectivity index (χ2n) is 4.53. The van der Waals surface area contributed by atoms with E-state index in [0.29, 0.717) is 19.3 Å². The van der Waals surface area contributed by atoms with Crippen LogP contribution in [-0.4, -0.2) is 21.9 Å². The van der Waals surface area contributed by atoms with E-state index in [1.807, 2.05) is 12.1 Å². The van der Waals surface area contributed by atoms with Crippen molar-refractivity contribution in [1.82, 2.24) is 10.5 Å². The minimum absolute atomic E-state index is 0.223. The molecule has 0 aliphatic heterocycles. The number of amides is 1. The van der Waals surface area contributed by atoms with Gasteiger partial charge in [-0.25, -0.2) is 5.48 Å². The van der Waals surface area contributed by atoms with Crippen LogP contribution >= 0.6 is 0 Å². The summed E-state index contributed by atoms with van der Waals surface area (Å²) in [4.78, 5) is 26.4. The summed E-state index contributed by atoms with van der Waals surface area (Å²) in [6.45, 7) is 0. The molecule has 1 amide bonds. The van der Waals surface area contributed by atoms with E-state index in [-0.39, 0.29) is 11.7 Å². The summed E-state index contributed by atoms with van der Waals surface area (Å²) in [5.74, 6) is -0.131. The fraction of sp³-hybridized carbons (Fsp3) is 0.500. The van der Waals surface area contributed by atoms with E-state index < -0.39 is 0 Å². The third kappa shape index (κ3) is 7.31. The average molecular weight is 264 g/mol. The molecule has 0 bridgehead atoms. The van der Waals surface area contributed by atoms with E-state index in [0.717, 1.165) is 31.2 Å². The van der Waals surface area contributed by atoms with E-state index in [9.17, 15) is 9.59 Å². The van der Waals surface area contributed by atoms with Crippen LogP contribution in [0.1, 0.15) is 44.1 Å². The highest BCUT2D eigenvalue weighted by Gasteiger charge is 2.04. The molecule has 0 radical (unpaired) electrons. The molecule has 1 heterocycles. The van der Waals surface area contributed by atoms with Crippen molar-refractivity contribution >= 4 is 11.7 Å². The van der Waals surface area contributed by atoms with Crippen LogP contribution in [-0.2, 0) is 16.0 Å². The summed E-state index contributed by atoms with van der Waals surface area (Å²) in [5.41, 5.74) is 2.55. The molecule has 0 aromatic carbocycles. The number of aromatic nitrogens is 1. The number of hydroxylamine groups is 1. The Morgan fingerprint density at radius 2 is 1.89 bits per heavy atom. The number of nitrogens with one attached hydrogen (secondary N) is 1. The first kappa shape index (κ1) is 15.3. The minimum atomic E-state index is -0.354. The summed E-state index contributed by atoms with van der Waals surface area (Å²) >= 11 is 0. The lowest BCUT2D eigenvalue weighted by atomic mass is 10.0. The fourth-order valence-electron chi connectivity index (χ4n) is 1.84. The van der Waals surface area contributed by atoms with Gasteiger partial charge in [-0.1, -0.05) is 18.9 Å². The van der Waals surface area contributed by atoms with Gasteiger partial charge in [-0.05, 0) is 24.5 Å². The molecule has 1 aromatic rings. The van der Waals surface area contributed by atoms with Crippen molar-refractivity contribution in [3.63, 3.8) is 0 Å². The van der Waals surface area contributed by atoms with Crippen LogP contribution in [0.25, 0.3) is 0 Å². The van der Waals surface area contributed by atoms with Crippen LogP contribution in [0.15, 0.2) is 24.5 Å². The van der Waals surface area contributed by atoms with E-state index in [1.165, 1.54) is 0 Å². The highest BCUT2D eigenvalue weighted by molar-refractivity contribution is 5.80. The molecule has 0 saturated heterocycles. The Balaban J connectivity index is 2.03. The van der Waals surface area contributed by atoms with Crippen molar-refractivity contribution in [3.8, 4) is 0 Å². The van der Waals surface area contributed by atoms with Crippen LogP contribution < -0.4 is 5.48 Å². The number of rotatable bonds is 9. The van der Waals surface area contributed by atoms with Crippen molar-refractivity contribution in [2.45, 2.75) is 44.9 Å². The van der Waals surface area contributed by atoms with Gasteiger partial charge in [0.2, 0.25) is 5.91 Å². The largest absolute Gasteiger partial charge is 0.299 e. The Kier molecular flexibility index (Phi) is 7.43. The molecule has 104 valence electrons. The number of Topliss-reactive ketones (excluding diaryl/α,β-unsaturated/α-hetero) is 1. The fourth-order valence-corrected chi connectivity index (χ4v) is 1.84. The highest BCUT2D eigenvalue weighted by Crippen LogP contribution is 2.08. The molecule has 19 heavy (non-hydrogen) atoms. The first-order valence-electron chi connectivity index (χ1n) is 6.56. The Bertz CT molecular complexity index is 393. The topological polar surface area (TPSA) is 79.3 Å². The standard InChI is InChI=1S/C14H20N2O3/c17-13(10-12-6-5-9-15-11-12)7-3-1-2-4-8-14(18)16-19/h5-6,9,11,19H,1-4,7-8,10H2,(H,16,18). The lowest BCUT2D eigenvalue weighted by Gasteiger charge is -2.02. The molecular formula is C14H20N2O3. The molecule has 0 unspecified atom stereocenters. The molecule has 0 atom stereocenters. The Morgan fingerprint density at radius 1 is 1.16 bits per heavy atom. The van der Waals surface area contributed by atoms with E-state index in [1.54, 1.807) is 17.9 Å². The molecule has 0 aliphatic carbocycles. The maximum absolute atomic E-state index is 11.7. The summed E-state index contributed by atoms with van der Waals surface area (Å²) < 4.78 is 0. The maximum Gasteiger partial charge on any atom is 0.243 e. The molecule has 0 spiro atoms. The second-order valence-corrected chi connectivity index (χ2v) is 4.53. The van der Waals surface area contributed by atoms with Gasteiger partial charge < -0.3 is 0 Å². The van der Waals surface area contributed by atoms with Crippen LogP contribution in [0.2, 0.25) is 0 Å². The highest BCUT2D eigenvalue weighted by atomic mass is 16.5. The van der Waals surface area contributed by atoms with Crippen molar-refractivity contribution in [2.24, 2.45) is 0 Å². The lowest BCUT2D eigenvalue weighted by molar-refractivity contribution is -0.129. The molecule has 5 nitrogen and oxygen atoms in total. The number of hydrogen-bond donors (Lipinski definition) is 2. The van der Waals surface area contributed by atoms with Gasteiger partial charge in [-0.15, -0.1) is 0 Å². The van der Waals surface area contributed by atoms with E-state index in [2.05, 4.69) is 4.98 Å². The third-order valence-electron chi connectivity index (χ3n) is 2.86. The monoisotopic (exact) mass is 264 g/mol. The van der Waals surface area contributed by atoms with Gasteiger partial charge in [0.1, 0.15) is 5.78 Å². The summed E-state index contributed by atoms with van der Waals surface area (Å²) in [6.07, 6.45) is 8.16. The number of carbonyl (C=O) groups is 2. The molecule has 0 fully saturated rings. The van der Waals surface area contributed by atoms with Crippen LogP contribution in [0.3, 0.4) is 0 Å². The quantitative estimate of drug-likeness (QED) is 0.406. The van der Waals surface area contributed by atoms with Crippen LogP contribution in [0.4, 0.5) is 0 Å². The lowest BCUT2D eigenvalue weighted by Crippen LogP contribution is -2.17. The van der Waals surface area contributed by atoms with Crippen LogP contribution in [0, 0.1) is 0 Å². The number of ketones is 1.